The smallest absolute Gasteiger partial charge is 0.186 e. The molecule has 6 N–H and O–H groups in total. The maximum absolute atomic E-state index is 10.3. The third-order valence-electron chi connectivity index (χ3n) is 6.30. The highest BCUT2D eigenvalue weighted by Gasteiger charge is 2.44. The molecular formula is C24H30O10. The van der Waals surface area contributed by atoms with E-state index in [0.29, 0.717) is 36.3 Å². The van der Waals surface area contributed by atoms with Gasteiger partial charge in [-0.15, -0.1) is 0 Å². The van der Waals surface area contributed by atoms with E-state index >= 15 is 0 Å². The van der Waals surface area contributed by atoms with Gasteiger partial charge in [0, 0.05) is 23.6 Å². The number of phenolic OH excluding ortho intramolecular Hbond substituents is 2. The second-order valence-corrected chi connectivity index (χ2v) is 8.44. The van der Waals surface area contributed by atoms with Crippen molar-refractivity contribution in [2.75, 3.05) is 20.3 Å². The number of aromatic hydroxyl groups is 2. The Morgan fingerprint density at radius 1 is 1.03 bits per heavy atom. The second-order valence-electron chi connectivity index (χ2n) is 8.44. The van der Waals surface area contributed by atoms with E-state index in [1.54, 1.807) is 6.07 Å². The average Bonchev–Trinajstić information content (AvgIpc) is 2.83. The molecule has 2 aliphatic rings. The van der Waals surface area contributed by atoms with E-state index in [2.05, 4.69) is 0 Å². The quantitative estimate of drug-likeness (QED) is 0.332. The van der Waals surface area contributed by atoms with Gasteiger partial charge in [-0.3, -0.25) is 0 Å². The first-order chi connectivity index (χ1) is 16.3. The summed E-state index contributed by atoms with van der Waals surface area (Å²) in [6, 6.07) is 8.15. The molecule has 0 saturated carbocycles. The molecule has 2 aromatic carbocycles. The molecule has 6 atom stereocenters. The summed E-state index contributed by atoms with van der Waals surface area (Å²) in [6.07, 6.45) is -5.51. The largest absolute Gasteiger partial charge is 0.508 e. The topological polar surface area (TPSA) is 158 Å². The van der Waals surface area contributed by atoms with Gasteiger partial charge in [0.05, 0.1) is 20.3 Å². The molecule has 186 valence electrons. The Labute approximate surface area is 196 Å². The summed E-state index contributed by atoms with van der Waals surface area (Å²) in [6.45, 7) is -0.474. The van der Waals surface area contributed by atoms with Crippen molar-refractivity contribution in [3.8, 4) is 23.0 Å². The highest BCUT2D eigenvalue weighted by molar-refractivity contribution is 5.52. The molecule has 0 spiro atoms. The van der Waals surface area contributed by atoms with Gasteiger partial charge in [-0.2, -0.15) is 0 Å². The van der Waals surface area contributed by atoms with Crippen LogP contribution in [0.5, 0.6) is 23.0 Å². The first-order valence-corrected chi connectivity index (χ1v) is 11.1. The van der Waals surface area contributed by atoms with E-state index in [0.717, 1.165) is 11.1 Å². The zero-order chi connectivity index (χ0) is 24.4. The minimum absolute atomic E-state index is 0.0369. The van der Waals surface area contributed by atoms with E-state index in [1.165, 1.54) is 19.2 Å². The van der Waals surface area contributed by atoms with Crippen LogP contribution in [-0.2, 0) is 22.3 Å². The van der Waals surface area contributed by atoms with Crippen molar-refractivity contribution in [3.05, 3.63) is 47.0 Å². The standard InChI is InChI=1S/C24H30O10/c1-31-17-6-2-12-3-7-18(14-5-4-13(26)10-16(14)27)33-23(12)15(17)8-9-32-24-22(30)21(29)20(28)19(11-25)34-24/h2,4-6,10,18-22,24-30H,3,7-9,11H2,1H3/t18-,19-,20-,21+,22-,24-/m1/s1. The molecular weight excluding hydrogens is 448 g/mol. The number of aliphatic hydroxyl groups excluding tert-OH is 4. The first kappa shape index (κ1) is 24.5. The Hall–Kier alpha value is -2.60. The van der Waals surface area contributed by atoms with E-state index in [4.69, 9.17) is 18.9 Å². The molecule has 0 aromatic heterocycles. The average molecular weight is 478 g/mol. The molecule has 0 radical (unpaired) electrons. The lowest BCUT2D eigenvalue weighted by Crippen LogP contribution is -2.59. The summed E-state index contributed by atoms with van der Waals surface area (Å²) >= 11 is 0. The molecule has 2 heterocycles. The molecule has 10 nitrogen and oxygen atoms in total. The lowest BCUT2D eigenvalue weighted by atomic mass is 9.94. The number of hydrogen-bond acceptors (Lipinski definition) is 10. The van der Waals surface area contributed by atoms with Gasteiger partial charge in [0.2, 0.25) is 0 Å². The number of aryl methyl sites for hydroxylation is 1. The van der Waals surface area contributed by atoms with Crippen LogP contribution < -0.4 is 9.47 Å². The third kappa shape index (κ3) is 4.78. The van der Waals surface area contributed by atoms with E-state index in [9.17, 15) is 30.6 Å². The summed E-state index contributed by atoms with van der Waals surface area (Å²) in [5.74, 6) is 1.10. The van der Waals surface area contributed by atoms with Crippen molar-refractivity contribution in [1.82, 2.24) is 0 Å². The van der Waals surface area contributed by atoms with Gasteiger partial charge in [-0.1, -0.05) is 6.07 Å². The van der Waals surface area contributed by atoms with Gasteiger partial charge in [0.1, 0.15) is 53.5 Å². The predicted octanol–water partition coefficient (Wildman–Crippen LogP) is 0.532. The van der Waals surface area contributed by atoms with E-state index in [1.807, 2.05) is 12.1 Å². The first-order valence-electron chi connectivity index (χ1n) is 11.1. The minimum Gasteiger partial charge on any atom is -0.508 e. The fraction of sp³-hybridized carbons (Fsp3) is 0.500. The lowest BCUT2D eigenvalue weighted by molar-refractivity contribution is -0.300. The number of phenols is 2. The van der Waals surface area contributed by atoms with Crippen molar-refractivity contribution in [2.45, 2.75) is 56.1 Å². The molecule has 2 aromatic rings. The molecule has 0 bridgehead atoms. The zero-order valence-electron chi connectivity index (χ0n) is 18.7. The maximum atomic E-state index is 10.3. The van der Waals surface area contributed by atoms with Gasteiger partial charge in [0.15, 0.2) is 6.29 Å². The van der Waals surface area contributed by atoms with Gasteiger partial charge >= 0.3 is 0 Å². The van der Waals surface area contributed by atoms with Crippen LogP contribution in [0.1, 0.15) is 29.2 Å². The maximum Gasteiger partial charge on any atom is 0.186 e. The minimum atomic E-state index is -1.52. The third-order valence-corrected chi connectivity index (χ3v) is 6.30. The van der Waals surface area contributed by atoms with Crippen molar-refractivity contribution >= 4 is 0 Å². The van der Waals surface area contributed by atoms with Crippen molar-refractivity contribution in [3.63, 3.8) is 0 Å². The van der Waals surface area contributed by atoms with Crippen LogP contribution in [0.3, 0.4) is 0 Å². The molecule has 1 saturated heterocycles. The summed E-state index contributed by atoms with van der Waals surface area (Å²) in [4.78, 5) is 0. The Morgan fingerprint density at radius 2 is 1.82 bits per heavy atom. The van der Waals surface area contributed by atoms with Crippen LogP contribution >= 0.6 is 0 Å². The number of fused-ring (bicyclic) bond motifs is 1. The van der Waals surface area contributed by atoms with E-state index < -0.39 is 43.4 Å². The monoisotopic (exact) mass is 478 g/mol. The number of aliphatic hydroxyl groups is 4. The van der Waals surface area contributed by atoms with Gasteiger partial charge in [0.25, 0.3) is 0 Å². The summed E-state index contributed by atoms with van der Waals surface area (Å²) in [7, 11) is 1.54. The Kier molecular flexibility index (Phi) is 7.46. The van der Waals surface area contributed by atoms with Crippen LogP contribution in [0.4, 0.5) is 0 Å². The molecule has 34 heavy (non-hydrogen) atoms. The number of ether oxygens (including phenoxy) is 4. The van der Waals surface area contributed by atoms with Gasteiger partial charge < -0.3 is 49.6 Å². The van der Waals surface area contributed by atoms with Crippen LogP contribution in [0.15, 0.2) is 30.3 Å². The molecule has 1 fully saturated rings. The molecule has 10 heteroatoms. The second kappa shape index (κ2) is 10.3. The Bertz CT molecular complexity index is 994. The SMILES string of the molecule is COc1ccc2c(c1CCO[C@@H]1O[C@H](CO)[C@@H](O)[C@H](O)[C@H]1O)O[C@@H](c1ccc(O)cc1O)CC2. The normalized spacial score (nSPS) is 28.7. The lowest BCUT2D eigenvalue weighted by Gasteiger charge is -2.39. The summed E-state index contributed by atoms with van der Waals surface area (Å²) in [5.41, 5.74) is 2.26. The fourth-order valence-corrected chi connectivity index (χ4v) is 4.42. The zero-order valence-corrected chi connectivity index (χ0v) is 18.7. The molecule has 0 aliphatic carbocycles. The molecule has 0 amide bonds. The number of methoxy groups -OCH3 is 1. The Balaban J connectivity index is 1.51. The number of benzene rings is 2. The van der Waals surface area contributed by atoms with Crippen molar-refractivity contribution in [1.29, 1.82) is 0 Å². The van der Waals surface area contributed by atoms with Crippen molar-refractivity contribution < 1.29 is 49.6 Å². The highest BCUT2D eigenvalue weighted by Crippen LogP contribution is 2.43. The fourth-order valence-electron chi connectivity index (χ4n) is 4.42. The predicted molar refractivity (Wildman–Crippen MR) is 118 cm³/mol. The summed E-state index contributed by atoms with van der Waals surface area (Å²) < 4.78 is 22.8. The molecule has 4 rings (SSSR count). The van der Waals surface area contributed by atoms with Crippen LogP contribution in [0.25, 0.3) is 0 Å². The highest BCUT2D eigenvalue weighted by atomic mass is 16.7. The summed E-state index contributed by atoms with van der Waals surface area (Å²) in [5, 5.41) is 59.3. The van der Waals surface area contributed by atoms with Gasteiger partial charge in [-0.25, -0.2) is 0 Å². The molecule has 0 unspecified atom stereocenters. The van der Waals surface area contributed by atoms with Crippen LogP contribution in [0, 0.1) is 0 Å². The van der Waals surface area contributed by atoms with Crippen LogP contribution in [0.2, 0.25) is 0 Å². The Morgan fingerprint density at radius 3 is 2.53 bits per heavy atom. The van der Waals surface area contributed by atoms with Crippen molar-refractivity contribution in [2.24, 2.45) is 0 Å². The number of hydrogen-bond donors (Lipinski definition) is 6. The van der Waals surface area contributed by atoms with Crippen LogP contribution in [-0.4, -0.2) is 81.7 Å². The number of rotatable bonds is 7. The van der Waals surface area contributed by atoms with Gasteiger partial charge in [-0.05, 0) is 36.6 Å². The van der Waals surface area contributed by atoms with E-state index in [-0.39, 0.29) is 18.1 Å². The molecule has 2 aliphatic heterocycles.